The van der Waals surface area contributed by atoms with Crippen molar-refractivity contribution in [2.45, 2.75) is 6.92 Å². The lowest BCUT2D eigenvalue weighted by atomic mass is 9.99. The van der Waals surface area contributed by atoms with Crippen LogP contribution >= 0.6 is 0 Å². The Kier molecular flexibility index (Phi) is 4.08. The molecule has 2 N–H and O–H groups in total. The van der Waals surface area contributed by atoms with Gasteiger partial charge in [-0.3, -0.25) is 0 Å². The number of ether oxygens (including phenoxy) is 2. The lowest BCUT2D eigenvalue weighted by molar-refractivity contribution is 0.141. The molecule has 0 saturated heterocycles. The van der Waals surface area contributed by atoms with Crippen molar-refractivity contribution in [3.63, 3.8) is 0 Å². The summed E-state index contributed by atoms with van der Waals surface area (Å²) in [5.74, 6) is 0.188. The maximum atomic E-state index is 10.8. The molecule has 0 unspecified atom stereocenters. The standard InChI is InChI=1S/C15H12O6/c1-9-4-2-3-5-11(9)12-8-10(20-14(16)17)6-7-13(12)21-15(18)19/h2-8H,1H3,(H,16,17)(H,18,19). The topological polar surface area (TPSA) is 93.1 Å². The fourth-order valence-corrected chi connectivity index (χ4v) is 1.94. The lowest BCUT2D eigenvalue weighted by Gasteiger charge is -2.12. The van der Waals surface area contributed by atoms with Gasteiger partial charge in [0, 0.05) is 5.56 Å². The average Bonchev–Trinajstić information content (AvgIpc) is 2.40. The highest BCUT2D eigenvalue weighted by Crippen LogP contribution is 2.35. The first-order valence-corrected chi connectivity index (χ1v) is 5.99. The maximum Gasteiger partial charge on any atom is 0.511 e. The SMILES string of the molecule is Cc1ccccc1-c1cc(OC(=O)O)ccc1OC(=O)O. The van der Waals surface area contributed by atoms with Gasteiger partial charge >= 0.3 is 12.3 Å². The molecule has 0 fully saturated rings. The third-order valence-electron chi connectivity index (χ3n) is 2.79. The molecule has 0 aliphatic heterocycles. The molecule has 0 radical (unpaired) electrons. The molecule has 2 aromatic carbocycles. The Morgan fingerprint density at radius 3 is 2.19 bits per heavy atom. The Hall–Kier alpha value is -3.02. The van der Waals surface area contributed by atoms with Gasteiger partial charge in [0.05, 0.1) is 0 Å². The molecule has 0 atom stereocenters. The van der Waals surface area contributed by atoms with E-state index in [1.807, 2.05) is 19.1 Å². The predicted octanol–water partition coefficient (Wildman–Crippen LogP) is 3.78. The molecule has 0 spiro atoms. The summed E-state index contributed by atoms with van der Waals surface area (Å²) in [7, 11) is 0. The highest BCUT2D eigenvalue weighted by molar-refractivity contribution is 5.78. The molecular weight excluding hydrogens is 276 g/mol. The molecular formula is C15H12O6. The fourth-order valence-electron chi connectivity index (χ4n) is 1.94. The highest BCUT2D eigenvalue weighted by atomic mass is 16.7. The van der Waals surface area contributed by atoms with E-state index in [2.05, 4.69) is 4.74 Å². The van der Waals surface area contributed by atoms with E-state index in [0.717, 1.165) is 11.1 Å². The number of aryl methyl sites for hydroxylation is 1. The molecule has 0 aromatic heterocycles. The molecule has 0 saturated carbocycles. The van der Waals surface area contributed by atoms with Crippen LogP contribution in [0.15, 0.2) is 42.5 Å². The van der Waals surface area contributed by atoms with Gasteiger partial charge in [-0.15, -0.1) is 0 Å². The number of carbonyl (C=O) groups is 2. The fraction of sp³-hybridized carbons (Fsp3) is 0.0667. The Balaban J connectivity index is 2.55. The van der Waals surface area contributed by atoms with Crippen LogP contribution in [-0.4, -0.2) is 22.5 Å². The number of carboxylic acid groups (broad SMARTS) is 2. The normalized spacial score (nSPS) is 9.95. The summed E-state index contributed by atoms with van der Waals surface area (Å²) in [5.41, 5.74) is 2.05. The van der Waals surface area contributed by atoms with Crippen molar-refractivity contribution in [3.8, 4) is 22.6 Å². The van der Waals surface area contributed by atoms with E-state index in [4.69, 9.17) is 14.9 Å². The molecule has 2 aromatic rings. The van der Waals surface area contributed by atoms with Crippen molar-refractivity contribution in [1.82, 2.24) is 0 Å². The van der Waals surface area contributed by atoms with E-state index in [1.165, 1.54) is 18.2 Å². The van der Waals surface area contributed by atoms with Crippen molar-refractivity contribution in [2.75, 3.05) is 0 Å². The molecule has 0 bridgehead atoms. The van der Waals surface area contributed by atoms with Crippen LogP contribution in [0.3, 0.4) is 0 Å². The quantitative estimate of drug-likeness (QED) is 0.659. The zero-order valence-electron chi connectivity index (χ0n) is 11.1. The van der Waals surface area contributed by atoms with Crippen LogP contribution in [0.5, 0.6) is 11.5 Å². The summed E-state index contributed by atoms with van der Waals surface area (Å²) in [5, 5.41) is 17.4. The number of benzene rings is 2. The predicted molar refractivity (Wildman–Crippen MR) is 73.9 cm³/mol. The van der Waals surface area contributed by atoms with Gasteiger partial charge in [0.15, 0.2) is 0 Å². The molecule has 0 amide bonds. The van der Waals surface area contributed by atoms with E-state index in [0.29, 0.717) is 5.56 Å². The third kappa shape index (κ3) is 3.50. The number of hydrogen-bond donors (Lipinski definition) is 2. The van der Waals surface area contributed by atoms with Crippen molar-refractivity contribution in [3.05, 3.63) is 48.0 Å². The zero-order valence-corrected chi connectivity index (χ0v) is 11.1. The van der Waals surface area contributed by atoms with Crippen LogP contribution in [0.25, 0.3) is 11.1 Å². The van der Waals surface area contributed by atoms with E-state index in [9.17, 15) is 9.59 Å². The minimum atomic E-state index is -1.45. The van der Waals surface area contributed by atoms with E-state index >= 15 is 0 Å². The van der Waals surface area contributed by atoms with E-state index in [-0.39, 0.29) is 11.5 Å². The molecule has 0 heterocycles. The summed E-state index contributed by atoms with van der Waals surface area (Å²) in [6, 6.07) is 11.4. The second-order valence-electron chi connectivity index (χ2n) is 4.21. The van der Waals surface area contributed by atoms with E-state index in [1.54, 1.807) is 12.1 Å². The summed E-state index contributed by atoms with van der Waals surface area (Å²) in [6.45, 7) is 1.85. The van der Waals surface area contributed by atoms with Crippen molar-refractivity contribution < 1.29 is 29.3 Å². The van der Waals surface area contributed by atoms with E-state index < -0.39 is 12.3 Å². The number of rotatable bonds is 3. The van der Waals surface area contributed by atoms with Gasteiger partial charge < -0.3 is 19.7 Å². The van der Waals surface area contributed by atoms with Crippen molar-refractivity contribution in [2.24, 2.45) is 0 Å². The van der Waals surface area contributed by atoms with Crippen LogP contribution in [0, 0.1) is 6.92 Å². The van der Waals surface area contributed by atoms with Crippen LogP contribution in [0.4, 0.5) is 9.59 Å². The summed E-state index contributed by atoms with van der Waals surface area (Å²) in [4.78, 5) is 21.4. The van der Waals surface area contributed by atoms with Crippen molar-refractivity contribution in [1.29, 1.82) is 0 Å². The maximum absolute atomic E-state index is 10.8. The molecule has 6 nitrogen and oxygen atoms in total. The van der Waals surface area contributed by atoms with Crippen LogP contribution in [0.2, 0.25) is 0 Å². The molecule has 108 valence electrons. The Labute approximate surface area is 120 Å². The molecule has 6 heteroatoms. The Bertz CT molecular complexity index is 692. The molecule has 0 aliphatic carbocycles. The van der Waals surface area contributed by atoms with Gasteiger partial charge in [0.2, 0.25) is 0 Å². The van der Waals surface area contributed by atoms with Gasteiger partial charge in [-0.25, -0.2) is 9.59 Å². The van der Waals surface area contributed by atoms with Gasteiger partial charge in [0.1, 0.15) is 11.5 Å². The lowest BCUT2D eigenvalue weighted by Crippen LogP contribution is -2.06. The van der Waals surface area contributed by atoms with Crippen LogP contribution in [-0.2, 0) is 0 Å². The smallest absolute Gasteiger partial charge is 0.449 e. The van der Waals surface area contributed by atoms with Gasteiger partial charge in [-0.1, -0.05) is 24.3 Å². The number of hydrogen-bond acceptors (Lipinski definition) is 4. The van der Waals surface area contributed by atoms with Gasteiger partial charge in [0.25, 0.3) is 0 Å². The van der Waals surface area contributed by atoms with Gasteiger partial charge in [-0.2, -0.15) is 0 Å². The van der Waals surface area contributed by atoms with Crippen LogP contribution in [0.1, 0.15) is 5.56 Å². The summed E-state index contributed by atoms with van der Waals surface area (Å²) < 4.78 is 9.32. The first-order chi connectivity index (χ1) is 9.97. The summed E-state index contributed by atoms with van der Waals surface area (Å²) in [6.07, 6.45) is -2.89. The zero-order chi connectivity index (χ0) is 15.4. The first-order valence-electron chi connectivity index (χ1n) is 5.99. The highest BCUT2D eigenvalue weighted by Gasteiger charge is 2.14. The minimum Gasteiger partial charge on any atom is -0.449 e. The van der Waals surface area contributed by atoms with Crippen LogP contribution < -0.4 is 9.47 Å². The monoisotopic (exact) mass is 288 g/mol. The minimum absolute atomic E-state index is 0.0819. The van der Waals surface area contributed by atoms with Gasteiger partial charge in [-0.05, 0) is 36.2 Å². The molecule has 21 heavy (non-hydrogen) atoms. The average molecular weight is 288 g/mol. The first kappa shape index (κ1) is 14.4. The third-order valence-corrected chi connectivity index (χ3v) is 2.79. The Morgan fingerprint density at radius 2 is 1.57 bits per heavy atom. The molecule has 0 aliphatic rings. The van der Waals surface area contributed by atoms with Crippen molar-refractivity contribution >= 4 is 12.3 Å². The Morgan fingerprint density at radius 1 is 0.905 bits per heavy atom. The summed E-state index contributed by atoms with van der Waals surface area (Å²) >= 11 is 0. The molecule has 2 rings (SSSR count). The second kappa shape index (κ2) is 5.96. The largest absolute Gasteiger partial charge is 0.511 e. The second-order valence-corrected chi connectivity index (χ2v) is 4.21.